The molecule has 0 aromatic heterocycles. The number of unbranched alkanes of at least 4 members (excludes halogenated alkanes) is 7. The van der Waals surface area contributed by atoms with Gasteiger partial charge in [0.2, 0.25) is 5.75 Å². The van der Waals surface area contributed by atoms with Crippen LogP contribution in [0.2, 0.25) is 0 Å². The Kier molecular flexibility index (Phi) is 13.7. The molecule has 0 fully saturated rings. The molecule has 0 spiro atoms. The van der Waals surface area contributed by atoms with Gasteiger partial charge in [-0.1, -0.05) is 83.2 Å². The molecule has 0 amide bonds. The first kappa shape index (κ1) is 27.6. The molecule has 188 valence electrons. The lowest BCUT2D eigenvalue weighted by Gasteiger charge is -2.19. The van der Waals surface area contributed by atoms with Crippen LogP contribution in [-0.4, -0.2) is 32.4 Å². The van der Waals surface area contributed by atoms with E-state index in [4.69, 9.17) is 18.9 Å². The highest BCUT2D eigenvalue weighted by molar-refractivity contribution is 5.93. The zero-order chi connectivity index (χ0) is 24.4. The number of carbonyl (C=O) groups is 1. The second-order valence-corrected chi connectivity index (χ2v) is 8.50. The van der Waals surface area contributed by atoms with Crippen LogP contribution in [-0.2, 0) is 9.53 Å². The average molecular weight is 471 g/mol. The van der Waals surface area contributed by atoms with Crippen molar-refractivity contribution in [3.05, 3.63) is 43.0 Å². The van der Waals surface area contributed by atoms with Crippen LogP contribution in [0.1, 0.15) is 78.1 Å². The summed E-state index contributed by atoms with van der Waals surface area (Å²) >= 11 is 0. The van der Waals surface area contributed by atoms with Gasteiger partial charge in [0.1, 0.15) is 0 Å². The molecular formula is C29H42O5. The minimum atomic E-state index is -0.394. The lowest BCUT2D eigenvalue weighted by atomic mass is 10.1. The van der Waals surface area contributed by atoms with Crippen molar-refractivity contribution >= 4 is 16.7 Å². The van der Waals surface area contributed by atoms with E-state index in [1.165, 1.54) is 31.8 Å². The molecule has 0 aliphatic carbocycles. The van der Waals surface area contributed by atoms with Gasteiger partial charge in [-0.3, -0.25) is 0 Å². The molecule has 2 aromatic rings. The maximum atomic E-state index is 11.2. The fraction of sp³-hybridized carbons (Fsp3) is 0.552. The van der Waals surface area contributed by atoms with Crippen LogP contribution in [0.4, 0.5) is 0 Å². The number of hydrogen-bond donors (Lipinski definition) is 0. The molecule has 0 aliphatic heterocycles. The summed E-state index contributed by atoms with van der Waals surface area (Å²) in [5.74, 6) is 1.79. The van der Waals surface area contributed by atoms with Crippen LogP contribution < -0.4 is 14.2 Å². The van der Waals surface area contributed by atoms with E-state index < -0.39 is 5.97 Å². The van der Waals surface area contributed by atoms with Crippen LogP contribution in [0.25, 0.3) is 10.8 Å². The first-order valence-corrected chi connectivity index (χ1v) is 12.9. The largest absolute Gasteiger partial charge is 0.490 e. The number of fused-ring (bicyclic) bond motifs is 1. The molecule has 0 radical (unpaired) electrons. The van der Waals surface area contributed by atoms with Crippen molar-refractivity contribution in [2.45, 2.75) is 78.1 Å². The van der Waals surface area contributed by atoms with Gasteiger partial charge < -0.3 is 18.9 Å². The van der Waals surface area contributed by atoms with Gasteiger partial charge in [-0.15, -0.1) is 0 Å². The number of hydrogen-bond acceptors (Lipinski definition) is 5. The summed E-state index contributed by atoms with van der Waals surface area (Å²) in [4.78, 5) is 11.2. The third kappa shape index (κ3) is 9.66. The topological polar surface area (TPSA) is 54.0 Å². The number of ether oxygens (including phenoxy) is 4. The highest BCUT2D eigenvalue weighted by Crippen LogP contribution is 2.44. The van der Waals surface area contributed by atoms with Gasteiger partial charge in [0.25, 0.3) is 0 Å². The third-order valence-electron chi connectivity index (χ3n) is 5.62. The van der Waals surface area contributed by atoms with Gasteiger partial charge in [-0.05, 0) is 37.1 Å². The molecule has 0 atom stereocenters. The van der Waals surface area contributed by atoms with Gasteiger partial charge in [0.05, 0.1) is 26.4 Å². The second kappa shape index (κ2) is 16.9. The van der Waals surface area contributed by atoms with Crippen LogP contribution >= 0.6 is 0 Å². The molecule has 5 nitrogen and oxygen atoms in total. The first-order chi connectivity index (χ1) is 16.7. The maximum absolute atomic E-state index is 11.2. The van der Waals surface area contributed by atoms with E-state index in [1.807, 2.05) is 12.1 Å². The second-order valence-electron chi connectivity index (χ2n) is 8.50. The predicted molar refractivity (Wildman–Crippen MR) is 139 cm³/mol. The van der Waals surface area contributed by atoms with Crippen molar-refractivity contribution in [1.82, 2.24) is 0 Å². The molecule has 0 heterocycles. The molecular weight excluding hydrogens is 428 g/mol. The SMILES string of the molecule is C=CC(=O)OCCCCOc1c(OCCCCCC)c(OCCCCCC)cc2ccccc12. The van der Waals surface area contributed by atoms with Crippen molar-refractivity contribution in [3.63, 3.8) is 0 Å². The van der Waals surface area contributed by atoms with Crippen molar-refractivity contribution < 1.29 is 23.7 Å². The van der Waals surface area contributed by atoms with E-state index in [1.54, 1.807) is 0 Å². The van der Waals surface area contributed by atoms with Crippen LogP contribution in [0, 0.1) is 0 Å². The summed E-state index contributed by atoms with van der Waals surface area (Å²) in [6.07, 6.45) is 11.8. The normalized spacial score (nSPS) is 10.8. The predicted octanol–water partition coefficient (Wildman–Crippen LogP) is 7.65. The number of esters is 1. The number of carbonyl (C=O) groups excluding carboxylic acids is 1. The standard InChI is InChI=1S/C29H42O5/c1-4-7-9-13-19-31-26-23-24-17-11-12-18-25(24)28(29(26)34-21-14-10-8-5-2)33-22-16-15-20-32-27(30)6-3/h6,11-12,17-18,23H,3-5,7-10,13-16,19-22H2,1-2H3. The summed E-state index contributed by atoms with van der Waals surface area (Å²) in [5.41, 5.74) is 0. The van der Waals surface area contributed by atoms with Crippen LogP contribution in [0.15, 0.2) is 43.0 Å². The quantitative estimate of drug-likeness (QED) is 0.120. The maximum Gasteiger partial charge on any atom is 0.330 e. The molecule has 0 saturated carbocycles. The Morgan fingerprint density at radius 2 is 1.35 bits per heavy atom. The molecule has 2 aromatic carbocycles. The minimum absolute atomic E-state index is 0.358. The molecule has 0 N–H and O–H groups in total. The summed E-state index contributed by atoms with van der Waals surface area (Å²) in [6.45, 7) is 9.99. The van der Waals surface area contributed by atoms with E-state index >= 15 is 0 Å². The Balaban J connectivity index is 2.14. The van der Waals surface area contributed by atoms with Gasteiger partial charge in [0.15, 0.2) is 11.5 Å². The third-order valence-corrected chi connectivity index (χ3v) is 5.62. The van der Waals surface area contributed by atoms with Gasteiger partial charge >= 0.3 is 5.97 Å². The smallest absolute Gasteiger partial charge is 0.330 e. The monoisotopic (exact) mass is 470 g/mol. The van der Waals surface area contributed by atoms with Gasteiger partial charge in [-0.25, -0.2) is 4.79 Å². The molecule has 2 rings (SSSR count). The molecule has 5 heteroatoms. The fourth-order valence-electron chi connectivity index (χ4n) is 3.68. The molecule has 0 bridgehead atoms. The number of benzene rings is 2. The van der Waals surface area contributed by atoms with Crippen molar-refractivity contribution in [2.75, 3.05) is 26.4 Å². The van der Waals surface area contributed by atoms with E-state index in [2.05, 4.69) is 38.6 Å². The Morgan fingerprint density at radius 3 is 2.03 bits per heavy atom. The van der Waals surface area contributed by atoms with Crippen LogP contribution in [0.5, 0.6) is 17.2 Å². The van der Waals surface area contributed by atoms with E-state index in [9.17, 15) is 4.79 Å². The zero-order valence-electron chi connectivity index (χ0n) is 21.1. The number of rotatable bonds is 19. The first-order valence-electron chi connectivity index (χ1n) is 12.9. The Hall–Kier alpha value is -2.69. The molecule has 0 aliphatic rings. The van der Waals surface area contributed by atoms with Crippen LogP contribution in [0.3, 0.4) is 0 Å². The summed E-state index contributed by atoms with van der Waals surface area (Å²) in [6, 6.07) is 10.2. The summed E-state index contributed by atoms with van der Waals surface area (Å²) < 4.78 is 23.9. The highest BCUT2D eigenvalue weighted by Gasteiger charge is 2.18. The Bertz CT molecular complexity index is 861. The minimum Gasteiger partial charge on any atom is -0.490 e. The molecule has 34 heavy (non-hydrogen) atoms. The average Bonchev–Trinajstić information content (AvgIpc) is 2.86. The molecule has 0 saturated heterocycles. The van der Waals surface area contributed by atoms with Gasteiger partial charge in [-0.2, -0.15) is 0 Å². The Labute approximate surface area is 205 Å². The lowest BCUT2D eigenvalue weighted by molar-refractivity contribution is -0.137. The summed E-state index contributed by atoms with van der Waals surface area (Å²) in [7, 11) is 0. The van der Waals surface area contributed by atoms with E-state index in [-0.39, 0.29) is 0 Å². The highest BCUT2D eigenvalue weighted by atomic mass is 16.5. The van der Waals surface area contributed by atoms with Crippen molar-refractivity contribution in [3.8, 4) is 17.2 Å². The van der Waals surface area contributed by atoms with E-state index in [0.717, 1.165) is 60.8 Å². The fourth-order valence-corrected chi connectivity index (χ4v) is 3.68. The molecule has 0 unspecified atom stereocenters. The zero-order valence-corrected chi connectivity index (χ0v) is 21.1. The van der Waals surface area contributed by atoms with Gasteiger partial charge in [0, 0.05) is 11.5 Å². The lowest BCUT2D eigenvalue weighted by Crippen LogP contribution is -2.08. The van der Waals surface area contributed by atoms with Crippen molar-refractivity contribution in [2.24, 2.45) is 0 Å². The summed E-state index contributed by atoms with van der Waals surface area (Å²) in [5, 5.41) is 2.08. The Morgan fingerprint density at radius 1 is 0.765 bits per heavy atom. The van der Waals surface area contributed by atoms with E-state index in [0.29, 0.717) is 32.2 Å². The van der Waals surface area contributed by atoms with Crippen molar-refractivity contribution in [1.29, 1.82) is 0 Å².